The molecular weight excluding hydrogens is 408 g/mol. The topological polar surface area (TPSA) is 18.5 Å². The van der Waals surface area contributed by atoms with Gasteiger partial charge in [0.05, 0.1) is 3.57 Å². The third-order valence-corrected chi connectivity index (χ3v) is 2.85. The highest BCUT2D eigenvalue weighted by Gasteiger charge is 2.44. The van der Waals surface area contributed by atoms with Gasteiger partial charge in [0.25, 0.3) is 0 Å². The lowest BCUT2D eigenvalue weighted by Gasteiger charge is -2.04. The van der Waals surface area contributed by atoms with Crippen molar-refractivity contribution in [3.63, 3.8) is 0 Å². The number of ether oxygens (including phenoxy) is 2. The molecule has 0 aromatic heterocycles. The summed E-state index contributed by atoms with van der Waals surface area (Å²) in [7, 11) is 0. The molecule has 70 valence electrons. The Labute approximate surface area is 99.9 Å². The third kappa shape index (κ3) is 1.83. The van der Waals surface area contributed by atoms with Gasteiger partial charge in [0, 0.05) is 3.57 Å². The Morgan fingerprint density at radius 1 is 1.15 bits per heavy atom. The van der Waals surface area contributed by atoms with Crippen LogP contribution in [-0.2, 0) is 0 Å². The molecular formula is C7H2F2I2O2. The zero-order valence-electron chi connectivity index (χ0n) is 5.98. The molecule has 1 heterocycles. The molecule has 1 aliphatic heterocycles. The average molecular weight is 410 g/mol. The molecule has 1 aromatic carbocycles. The molecule has 0 bridgehead atoms. The molecule has 1 aliphatic rings. The molecule has 0 spiro atoms. The van der Waals surface area contributed by atoms with Crippen molar-refractivity contribution in [1.82, 2.24) is 0 Å². The minimum atomic E-state index is -3.52. The highest BCUT2D eigenvalue weighted by atomic mass is 127. The van der Waals surface area contributed by atoms with E-state index in [9.17, 15) is 8.78 Å². The maximum Gasteiger partial charge on any atom is 0.586 e. The van der Waals surface area contributed by atoms with Gasteiger partial charge in [-0.05, 0) is 57.3 Å². The first-order chi connectivity index (χ1) is 5.98. The quantitative estimate of drug-likeness (QED) is 0.612. The summed E-state index contributed by atoms with van der Waals surface area (Å²) in [4.78, 5) is 0. The molecule has 0 fully saturated rings. The molecule has 0 saturated heterocycles. The van der Waals surface area contributed by atoms with E-state index in [2.05, 4.69) is 9.47 Å². The minimum absolute atomic E-state index is 0.0984. The lowest BCUT2D eigenvalue weighted by molar-refractivity contribution is -0.287. The Kier molecular flexibility index (Phi) is 2.29. The zero-order valence-corrected chi connectivity index (χ0v) is 10.3. The van der Waals surface area contributed by atoms with Gasteiger partial charge >= 0.3 is 6.29 Å². The van der Waals surface area contributed by atoms with Crippen molar-refractivity contribution in [3.05, 3.63) is 19.3 Å². The maximum absolute atomic E-state index is 12.6. The van der Waals surface area contributed by atoms with Crippen LogP contribution in [0.1, 0.15) is 0 Å². The van der Waals surface area contributed by atoms with Crippen molar-refractivity contribution >= 4 is 45.2 Å². The average Bonchev–Trinajstić information content (AvgIpc) is 2.23. The van der Waals surface area contributed by atoms with Gasteiger partial charge in [0.15, 0.2) is 11.5 Å². The molecule has 0 saturated carbocycles. The number of hydrogen-bond acceptors (Lipinski definition) is 2. The zero-order chi connectivity index (χ0) is 9.64. The van der Waals surface area contributed by atoms with E-state index in [0.717, 1.165) is 3.57 Å². The number of hydrogen-bond donors (Lipinski definition) is 0. The monoisotopic (exact) mass is 410 g/mol. The fraction of sp³-hybridized carbons (Fsp3) is 0.143. The molecule has 0 N–H and O–H groups in total. The van der Waals surface area contributed by atoms with E-state index in [-0.39, 0.29) is 11.5 Å². The standard InChI is InChI=1S/C7H2F2I2O2/c8-7(9)12-5-2-3(10)1-4(11)6(5)13-7/h1-2H. The second-order valence-electron chi connectivity index (χ2n) is 2.38. The van der Waals surface area contributed by atoms with E-state index in [0.29, 0.717) is 3.57 Å². The van der Waals surface area contributed by atoms with Crippen LogP contribution in [0.15, 0.2) is 12.1 Å². The molecule has 0 radical (unpaired) electrons. The van der Waals surface area contributed by atoms with Crippen LogP contribution in [0.2, 0.25) is 0 Å². The van der Waals surface area contributed by atoms with Crippen molar-refractivity contribution in [3.8, 4) is 11.5 Å². The predicted octanol–water partition coefficient (Wildman–Crippen LogP) is 3.22. The summed E-state index contributed by atoms with van der Waals surface area (Å²) in [5, 5.41) is 0. The first-order valence-corrected chi connectivity index (χ1v) is 5.38. The van der Waals surface area contributed by atoms with Crippen molar-refractivity contribution < 1.29 is 18.3 Å². The second kappa shape index (κ2) is 3.07. The summed E-state index contributed by atoms with van der Waals surface area (Å²) in [5.74, 6) is 0.215. The molecule has 2 rings (SSSR count). The van der Waals surface area contributed by atoms with E-state index in [1.807, 2.05) is 45.2 Å². The Balaban J connectivity index is 2.52. The van der Waals surface area contributed by atoms with E-state index < -0.39 is 6.29 Å². The molecule has 0 aliphatic carbocycles. The highest BCUT2D eigenvalue weighted by molar-refractivity contribution is 14.1. The molecule has 6 heteroatoms. The molecule has 0 unspecified atom stereocenters. The largest absolute Gasteiger partial charge is 0.586 e. The summed E-state index contributed by atoms with van der Waals surface area (Å²) in [6, 6.07) is 3.25. The number of benzene rings is 1. The van der Waals surface area contributed by atoms with Crippen LogP contribution in [-0.4, -0.2) is 6.29 Å². The van der Waals surface area contributed by atoms with Gasteiger partial charge in [-0.1, -0.05) is 0 Å². The Bertz CT molecular complexity index is 368. The fourth-order valence-electron chi connectivity index (χ4n) is 0.979. The van der Waals surface area contributed by atoms with Crippen molar-refractivity contribution in [1.29, 1.82) is 0 Å². The number of halogens is 4. The van der Waals surface area contributed by atoms with E-state index in [1.54, 1.807) is 6.07 Å². The normalized spacial score (nSPS) is 17.5. The lowest BCUT2D eigenvalue weighted by atomic mass is 10.3. The Morgan fingerprint density at radius 3 is 2.54 bits per heavy atom. The van der Waals surface area contributed by atoms with Gasteiger partial charge < -0.3 is 9.47 Å². The van der Waals surface area contributed by atoms with Crippen molar-refractivity contribution in [2.24, 2.45) is 0 Å². The van der Waals surface area contributed by atoms with E-state index in [1.165, 1.54) is 6.07 Å². The number of alkyl halides is 2. The van der Waals surface area contributed by atoms with Crippen molar-refractivity contribution in [2.75, 3.05) is 0 Å². The predicted molar refractivity (Wildman–Crippen MR) is 58.1 cm³/mol. The lowest BCUT2D eigenvalue weighted by Crippen LogP contribution is -2.26. The van der Waals surface area contributed by atoms with Crippen LogP contribution in [0.3, 0.4) is 0 Å². The van der Waals surface area contributed by atoms with Crippen molar-refractivity contribution in [2.45, 2.75) is 6.29 Å². The minimum Gasteiger partial charge on any atom is -0.395 e. The molecule has 0 atom stereocenters. The van der Waals surface area contributed by atoms with Crippen LogP contribution in [0.4, 0.5) is 8.78 Å². The molecule has 2 nitrogen and oxygen atoms in total. The molecule has 1 aromatic rings. The van der Waals surface area contributed by atoms with E-state index >= 15 is 0 Å². The molecule has 13 heavy (non-hydrogen) atoms. The van der Waals surface area contributed by atoms with Gasteiger partial charge in [0.1, 0.15) is 0 Å². The van der Waals surface area contributed by atoms with Crippen LogP contribution in [0.25, 0.3) is 0 Å². The Morgan fingerprint density at radius 2 is 1.85 bits per heavy atom. The SMILES string of the molecule is FC1(F)Oc2cc(I)cc(I)c2O1. The fourth-order valence-corrected chi connectivity index (χ4v) is 2.88. The summed E-state index contributed by atoms with van der Waals surface area (Å²) in [5.41, 5.74) is 0. The summed E-state index contributed by atoms with van der Waals surface area (Å²) in [6.07, 6.45) is -3.52. The third-order valence-electron chi connectivity index (χ3n) is 1.42. The first-order valence-electron chi connectivity index (χ1n) is 3.23. The summed E-state index contributed by atoms with van der Waals surface area (Å²) in [6.45, 7) is 0. The number of rotatable bonds is 0. The smallest absolute Gasteiger partial charge is 0.395 e. The number of fused-ring (bicyclic) bond motifs is 1. The van der Waals surface area contributed by atoms with Gasteiger partial charge in [-0.2, -0.15) is 0 Å². The van der Waals surface area contributed by atoms with E-state index in [4.69, 9.17) is 0 Å². The van der Waals surface area contributed by atoms with Gasteiger partial charge in [-0.3, -0.25) is 0 Å². The molecule has 0 amide bonds. The first kappa shape index (κ1) is 9.69. The van der Waals surface area contributed by atoms with Gasteiger partial charge in [0.2, 0.25) is 0 Å². The van der Waals surface area contributed by atoms with Gasteiger partial charge in [-0.25, -0.2) is 0 Å². The second-order valence-corrected chi connectivity index (χ2v) is 4.79. The van der Waals surface area contributed by atoms with Gasteiger partial charge in [-0.15, -0.1) is 8.78 Å². The summed E-state index contributed by atoms with van der Waals surface area (Å²) >= 11 is 3.95. The maximum atomic E-state index is 12.6. The summed E-state index contributed by atoms with van der Waals surface area (Å²) < 4.78 is 35.3. The van der Waals surface area contributed by atoms with Crippen LogP contribution in [0, 0.1) is 7.14 Å². The highest BCUT2D eigenvalue weighted by Crippen LogP contribution is 2.44. The van der Waals surface area contributed by atoms with Crippen LogP contribution >= 0.6 is 45.2 Å². The Hall–Kier alpha value is 0.140. The van der Waals surface area contributed by atoms with Crippen LogP contribution < -0.4 is 9.47 Å². The van der Waals surface area contributed by atoms with Crippen LogP contribution in [0.5, 0.6) is 11.5 Å².